The molecule has 0 fully saturated rings. The van der Waals surface area contributed by atoms with E-state index in [1.165, 1.54) is 24.3 Å². The molecule has 5 nitrogen and oxygen atoms in total. The number of halogens is 2. The average molecular weight is 580 g/mol. The van der Waals surface area contributed by atoms with Crippen LogP contribution in [0.15, 0.2) is 122 Å². The summed E-state index contributed by atoms with van der Waals surface area (Å²) in [6, 6.07) is 34.1. The van der Waals surface area contributed by atoms with Crippen molar-refractivity contribution < 1.29 is 8.78 Å². The number of pyridine rings is 2. The molecule has 0 saturated heterocycles. The van der Waals surface area contributed by atoms with E-state index in [2.05, 4.69) is 44.8 Å². The van der Waals surface area contributed by atoms with E-state index in [0.29, 0.717) is 19.6 Å². The average Bonchev–Trinajstić information content (AvgIpc) is 3.55. The van der Waals surface area contributed by atoms with Crippen LogP contribution in [0.5, 0.6) is 0 Å². The Kier molecular flexibility index (Phi) is 6.30. The molecule has 0 bridgehead atoms. The molecule has 8 rings (SSSR count). The second-order valence-electron chi connectivity index (χ2n) is 11.0. The SMILES string of the molecule is Fc1ccc(Cn2c3ccccc3c3ccnc(CNc4nccc5c6ccccc6n(Cc6ccc(F)cc6)c45)c32)cc1. The van der Waals surface area contributed by atoms with Gasteiger partial charge in [-0.3, -0.25) is 4.98 Å². The van der Waals surface area contributed by atoms with E-state index in [4.69, 9.17) is 9.97 Å². The van der Waals surface area contributed by atoms with Gasteiger partial charge < -0.3 is 14.5 Å². The minimum absolute atomic E-state index is 0.249. The molecule has 0 aliphatic heterocycles. The molecule has 214 valence electrons. The van der Waals surface area contributed by atoms with Crippen LogP contribution in [0.25, 0.3) is 43.6 Å². The minimum Gasteiger partial charge on any atom is -0.363 e. The number of nitrogens with zero attached hydrogens (tertiary/aromatic N) is 4. The quantitative estimate of drug-likeness (QED) is 0.206. The van der Waals surface area contributed by atoms with Gasteiger partial charge in [0.05, 0.1) is 23.3 Å². The summed E-state index contributed by atoms with van der Waals surface area (Å²) in [6.07, 6.45) is 3.69. The number of aromatic nitrogens is 4. The first-order chi connectivity index (χ1) is 21.6. The monoisotopic (exact) mass is 579 g/mol. The van der Waals surface area contributed by atoms with Crippen LogP contribution < -0.4 is 5.32 Å². The van der Waals surface area contributed by atoms with Gasteiger partial charge in [-0.2, -0.15) is 0 Å². The fourth-order valence-electron chi connectivity index (χ4n) is 6.37. The molecule has 0 amide bonds. The largest absolute Gasteiger partial charge is 0.363 e. The molecule has 4 heterocycles. The van der Waals surface area contributed by atoms with Crippen LogP contribution in [0.3, 0.4) is 0 Å². The van der Waals surface area contributed by atoms with Crippen LogP contribution in [0.4, 0.5) is 14.6 Å². The Balaban J connectivity index is 1.24. The van der Waals surface area contributed by atoms with E-state index in [-0.39, 0.29) is 11.6 Å². The third kappa shape index (κ3) is 4.45. The van der Waals surface area contributed by atoms with Crippen molar-refractivity contribution in [1.29, 1.82) is 0 Å². The Hall–Kier alpha value is -5.56. The van der Waals surface area contributed by atoms with E-state index in [1.807, 2.05) is 67.0 Å². The number of hydrogen-bond acceptors (Lipinski definition) is 3. The molecule has 4 aromatic carbocycles. The van der Waals surface area contributed by atoms with Crippen molar-refractivity contribution in [3.8, 4) is 0 Å². The molecule has 0 atom stereocenters. The molecular formula is C37H27F2N5. The van der Waals surface area contributed by atoms with E-state index in [9.17, 15) is 8.78 Å². The molecule has 1 N–H and O–H groups in total. The van der Waals surface area contributed by atoms with Crippen LogP contribution in [0.2, 0.25) is 0 Å². The predicted molar refractivity (Wildman–Crippen MR) is 173 cm³/mol. The van der Waals surface area contributed by atoms with Crippen LogP contribution in [-0.2, 0) is 19.6 Å². The number of hydrogen-bond donors (Lipinski definition) is 1. The second-order valence-corrected chi connectivity index (χ2v) is 11.0. The summed E-state index contributed by atoms with van der Waals surface area (Å²) in [4.78, 5) is 9.63. The first kappa shape index (κ1) is 26.1. The molecule has 8 aromatic rings. The molecule has 0 aliphatic rings. The van der Waals surface area contributed by atoms with Gasteiger partial charge >= 0.3 is 0 Å². The van der Waals surface area contributed by atoms with Crippen LogP contribution in [-0.4, -0.2) is 19.1 Å². The molecule has 7 heteroatoms. The van der Waals surface area contributed by atoms with Crippen molar-refractivity contribution in [3.05, 3.63) is 150 Å². The Morgan fingerprint density at radius 3 is 1.61 bits per heavy atom. The lowest BCUT2D eigenvalue weighted by Gasteiger charge is -2.14. The highest BCUT2D eigenvalue weighted by Gasteiger charge is 2.18. The smallest absolute Gasteiger partial charge is 0.150 e. The lowest BCUT2D eigenvalue weighted by atomic mass is 10.1. The molecule has 0 radical (unpaired) electrons. The third-order valence-corrected chi connectivity index (χ3v) is 8.37. The summed E-state index contributed by atoms with van der Waals surface area (Å²) in [6.45, 7) is 1.61. The maximum atomic E-state index is 13.7. The first-order valence-corrected chi connectivity index (χ1v) is 14.6. The van der Waals surface area contributed by atoms with Gasteiger partial charge in [-0.15, -0.1) is 0 Å². The van der Waals surface area contributed by atoms with E-state index >= 15 is 0 Å². The Morgan fingerprint density at radius 1 is 0.523 bits per heavy atom. The summed E-state index contributed by atoms with van der Waals surface area (Å²) in [7, 11) is 0. The van der Waals surface area contributed by atoms with Gasteiger partial charge in [0.25, 0.3) is 0 Å². The van der Waals surface area contributed by atoms with Crippen molar-refractivity contribution in [2.45, 2.75) is 19.6 Å². The summed E-state index contributed by atoms with van der Waals surface area (Å²) >= 11 is 0. The van der Waals surface area contributed by atoms with Gasteiger partial charge in [-0.1, -0.05) is 60.7 Å². The normalized spacial score (nSPS) is 11.7. The van der Waals surface area contributed by atoms with E-state index in [0.717, 1.165) is 66.3 Å². The number of fused-ring (bicyclic) bond motifs is 6. The van der Waals surface area contributed by atoms with Gasteiger partial charge in [0.15, 0.2) is 5.82 Å². The number of anilines is 1. The number of para-hydroxylation sites is 2. The Bertz CT molecular complexity index is 2140. The Morgan fingerprint density at radius 2 is 1.02 bits per heavy atom. The molecule has 0 saturated carbocycles. The molecular weight excluding hydrogens is 552 g/mol. The van der Waals surface area contributed by atoms with E-state index < -0.39 is 0 Å². The number of rotatable bonds is 7. The molecule has 0 spiro atoms. The first-order valence-electron chi connectivity index (χ1n) is 14.6. The van der Waals surface area contributed by atoms with Crippen molar-refractivity contribution in [2.75, 3.05) is 5.32 Å². The van der Waals surface area contributed by atoms with Gasteiger partial charge in [-0.25, -0.2) is 13.8 Å². The highest BCUT2D eigenvalue weighted by molar-refractivity contribution is 6.11. The van der Waals surface area contributed by atoms with Crippen LogP contribution >= 0.6 is 0 Å². The summed E-state index contributed by atoms with van der Waals surface area (Å²) in [5.41, 5.74) is 7.10. The fraction of sp³-hybridized carbons (Fsp3) is 0.0811. The predicted octanol–water partition coefficient (Wildman–Crippen LogP) is 8.68. The lowest BCUT2D eigenvalue weighted by Crippen LogP contribution is -2.09. The zero-order valence-electron chi connectivity index (χ0n) is 23.7. The van der Waals surface area contributed by atoms with Crippen molar-refractivity contribution in [2.24, 2.45) is 0 Å². The fourth-order valence-corrected chi connectivity index (χ4v) is 6.37. The topological polar surface area (TPSA) is 47.7 Å². The number of nitrogens with one attached hydrogen (secondary N) is 1. The lowest BCUT2D eigenvalue weighted by molar-refractivity contribution is 0.626. The molecule has 0 unspecified atom stereocenters. The maximum absolute atomic E-state index is 13.7. The van der Waals surface area contributed by atoms with Crippen LogP contribution in [0, 0.1) is 11.6 Å². The summed E-state index contributed by atoms with van der Waals surface area (Å²) in [5, 5.41) is 8.11. The van der Waals surface area contributed by atoms with E-state index in [1.54, 1.807) is 0 Å². The van der Waals surface area contributed by atoms with Crippen LogP contribution in [0.1, 0.15) is 16.8 Å². The second kappa shape index (κ2) is 10.6. The molecule has 0 aliphatic carbocycles. The van der Waals surface area contributed by atoms with Crippen molar-refractivity contribution in [1.82, 2.24) is 19.1 Å². The van der Waals surface area contributed by atoms with Crippen molar-refractivity contribution >= 4 is 49.4 Å². The van der Waals surface area contributed by atoms with Gasteiger partial charge in [0.1, 0.15) is 11.6 Å². The zero-order valence-corrected chi connectivity index (χ0v) is 23.7. The summed E-state index contributed by atoms with van der Waals surface area (Å²) < 4.78 is 31.9. The summed E-state index contributed by atoms with van der Waals surface area (Å²) in [5.74, 6) is 0.250. The minimum atomic E-state index is -0.251. The Labute approximate surface area is 252 Å². The van der Waals surface area contributed by atoms with Crippen molar-refractivity contribution in [3.63, 3.8) is 0 Å². The standard InChI is InChI=1S/C37H27F2N5/c38-26-13-9-24(10-14-26)22-43-33-7-3-1-5-28(33)30-17-19-40-32(35(30)43)21-42-37-36-31(18-20-41-37)29-6-2-4-8-34(29)44(36)23-25-11-15-27(39)16-12-25/h1-20H,21-23H2,(H,41,42). The van der Waals surface area contributed by atoms with Gasteiger partial charge in [0, 0.05) is 58.1 Å². The zero-order chi connectivity index (χ0) is 29.6. The molecule has 44 heavy (non-hydrogen) atoms. The highest BCUT2D eigenvalue weighted by Crippen LogP contribution is 2.35. The number of benzene rings is 4. The van der Waals surface area contributed by atoms with Gasteiger partial charge in [-0.05, 0) is 59.7 Å². The van der Waals surface area contributed by atoms with Gasteiger partial charge in [0.2, 0.25) is 0 Å². The molecule has 4 aromatic heterocycles. The highest BCUT2D eigenvalue weighted by atomic mass is 19.1. The maximum Gasteiger partial charge on any atom is 0.150 e. The third-order valence-electron chi connectivity index (χ3n) is 8.37.